The van der Waals surface area contributed by atoms with Gasteiger partial charge in [-0.05, 0) is 13.8 Å². The quantitative estimate of drug-likeness (QED) is 0.636. The lowest BCUT2D eigenvalue weighted by Crippen LogP contribution is -2.35. The van der Waals surface area contributed by atoms with Crippen molar-refractivity contribution < 1.29 is 14.6 Å². The number of thioether (sulfide) groups is 1. The molecule has 0 saturated carbocycles. The van der Waals surface area contributed by atoms with E-state index in [0.29, 0.717) is 13.2 Å². The Morgan fingerprint density at radius 2 is 2.07 bits per heavy atom. The lowest BCUT2D eigenvalue weighted by atomic mass is 10.3. The van der Waals surface area contributed by atoms with E-state index in [-0.39, 0.29) is 16.4 Å². The molecule has 90 valence electrons. The van der Waals surface area contributed by atoms with Crippen molar-refractivity contribution in [2.45, 2.75) is 37.4 Å². The number of ether oxygens (including phenoxy) is 1. The molecule has 0 aliphatic heterocycles. The minimum absolute atomic E-state index is 0.00968. The van der Waals surface area contributed by atoms with Gasteiger partial charge in [-0.25, -0.2) is 0 Å². The number of nitrogens with one attached hydrogen (secondary N) is 1. The van der Waals surface area contributed by atoms with E-state index in [1.807, 2.05) is 13.8 Å². The first-order chi connectivity index (χ1) is 6.99. The Hall–Kier alpha value is -0.260. The van der Waals surface area contributed by atoms with E-state index >= 15 is 0 Å². The molecule has 5 heteroatoms. The molecule has 3 unspecified atom stereocenters. The summed E-state index contributed by atoms with van der Waals surface area (Å²) in [6.45, 7) is 6.53. The molecule has 0 radical (unpaired) electrons. The highest BCUT2D eigenvalue weighted by atomic mass is 32.2. The molecule has 2 N–H and O–H groups in total. The first-order valence-corrected chi connectivity index (χ1v) is 6.03. The molecule has 4 nitrogen and oxygen atoms in total. The van der Waals surface area contributed by atoms with Crippen molar-refractivity contribution in [1.29, 1.82) is 0 Å². The molecular weight excluding hydrogens is 214 g/mol. The van der Waals surface area contributed by atoms with E-state index in [4.69, 9.17) is 4.74 Å². The van der Waals surface area contributed by atoms with Crippen LogP contribution in [0.1, 0.15) is 20.8 Å². The van der Waals surface area contributed by atoms with Crippen LogP contribution < -0.4 is 5.32 Å². The van der Waals surface area contributed by atoms with Gasteiger partial charge in [-0.2, -0.15) is 0 Å². The third-order valence-electron chi connectivity index (χ3n) is 2.07. The van der Waals surface area contributed by atoms with Crippen molar-refractivity contribution >= 4 is 17.7 Å². The first kappa shape index (κ1) is 14.7. The van der Waals surface area contributed by atoms with Crippen molar-refractivity contribution in [2.75, 3.05) is 20.3 Å². The third-order valence-corrected chi connectivity index (χ3v) is 3.52. The number of carbonyl (C=O) groups is 1. The first-order valence-electron chi connectivity index (χ1n) is 5.09. The van der Waals surface area contributed by atoms with Crippen molar-refractivity contribution in [3.8, 4) is 0 Å². The number of rotatable bonds is 7. The van der Waals surface area contributed by atoms with Crippen LogP contribution in [-0.4, -0.2) is 47.9 Å². The Morgan fingerprint density at radius 1 is 1.47 bits per heavy atom. The van der Waals surface area contributed by atoms with E-state index in [2.05, 4.69) is 5.32 Å². The van der Waals surface area contributed by atoms with E-state index in [9.17, 15) is 9.90 Å². The molecule has 0 bridgehead atoms. The summed E-state index contributed by atoms with van der Waals surface area (Å²) in [5, 5.41) is 12.0. The van der Waals surface area contributed by atoms with Gasteiger partial charge >= 0.3 is 0 Å². The van der Waals surface area contributed by atoms with Gasteiger partial charge in [0.15, 0.2) is 0 Å². The molecular formula is C10H21NO3S. The number of amides is 1. The van der Waals surface area contributed by atoms with Crippen molar-refractivity contribution in [3.05, 3.63) is 0 Å². The fraction of sp³-hybridized carbons (Fsp3) is 0.900. The Balaban J connectivity index is 3.78. The standard InChI is InChI=1S/C10H21NO3S/c1-7(12)8(2)15-9(3)10(13)11-5-6-14-4/h7-9,12H,5-6H2,1-4H3,(H,11,13). The maximum absolute atomic E-state index is 11.5. The van der Waals surface area contributed by atoms with Gasteiger partial charge in [-0.3, -0.25) is 4.79 Å². The van der Waals surface area contributed by atoms with Gasteiger partial charge in [0, 0.05) is 18.9 Å². The zero-order chi connectivity index (χ0) is 11.8. The number of aliphatic hydroxyl groups excluding tert-OH is 1. The molecule has 0 rings (SSSR count). The number of carbonyl (C=O) groups excluding carboxylic acids is 1. The lowest BCUT2D eigenvalue weighted by molar-refractivity contribution is -0.120. The van der Waals surface area contributed by atoms with Gasteiger partial charge in [0.2, 0.25) is 5.91 Å². The van der Waals surface area contributed by atoms with Crippen LogP contribution in [0.4, 0.5) is 0 Å². The predicted octanol–water partition coefficient (Wildman–Crippen LogP) is 0.640. The Bertz CT molecular complexity index is 188. The molecule has 0 heterocycles. The van der Waals surface area contributed by atoms with Gasteiger partial charge < -0.3 is 15.2 Å². The van der Waals surface area contributed by atoms with Crippen LogP contribution in [-0.2, 0) is 9.53 Å². The molecule has 0 spiro atoms. The van der Waals surface area contributed by atoms with Crippen molar-refractivity contribution in [2.24, 2.45) is 0 Å². The van der Waals surface area contributed by atoms with Crippen LogP contribution in [0.15, 0.2) is 0 Å². The second kappa shape index (κ2) is 7.96. The van der Waals surface area contributed by atoms with Gasteiger partial charge in [-0.15, -0.1) is 11.8 Å². The highest BCUT2D eigenvalue weighted by Crippen LogP contribution is 2.20. The van der Waals surface area contributed by atoms with Gasteiger partial charge in [0.05, 0.1) is 18.0 Å². The fourth-order valence-corrected chi connectivity index (χ4v) is 2.00. The van der Waals surface area contributed by atoms with Crippen molar-refractivity contribution in [3.63, 3.8) is 0 Å². The molecule has 0 fully saturated rings. The average Bonchev–Trinajstić information content (AvgIpc) is 2.17. The molecule has 15 heavy (non-hydrogen) atoms. The van der Waals surface area contributed by atoms with E-state index < -0.39 is 6.10 Å². The van der Waals surface area contributed by atoms with Crippen LogP contribution in [0.3, 0.4) is 0 Å². The summed E-state index contributed by atoms with van der Waals surface area (Å²) >= 11 is 1.47. The zero-order valence-electron chi connectivity index (χ0n) is 9.82. The zero-order valence-corrected chi connectivity index (χ0v) is 10.6. The molecule has 0 aliphatic rings. The van der Waals surface area contributed by atoms with E-state index in [1.165, 1.54) is 11.8 Å². The lowest BCUT2D eigenvalue weighted by Gasteiger charge is -2.18. The fourth-order valence-electron chi connectivity index (χ4n) is 0.917. The Morgan fingerprint density at radius 3 is 2.53 bits per heavy atom. The SMILES string of the molecule is COCCNC(=O)C(C)SC(C)C(C)O. The summed E-state index contributed by atoms with van der Waals surface area (Å²) in [5.74, 6) is -0.00968. The predicted molar refractivity (Wildman–Crippen MR) is 63.1 cm³/mol. The summed E-state index contributed by atoms with van der Waals surface area (Å²) in [4.78, 5) is 11.5. The topological polar surface area (TPSA) is 58.6 Å². The van der Waals surface area contributed by atoms with Crippen LogP contribution in [0.25, 0.3) is 0 Å². The van der Waals surface area contributed by atoms with Crippen LogP contribution >= 0.6 is 11.8 Å². The summed E-state index contributed by atoms with van der Waals surface area (Å²) in [6, 6.07) is 0. The molecule has 3 atom stereocenters. The number of aliphatic hydroxyl groups is 1. The normalized spacial score (nSPS) is 16.9. The molecule has 0 aromatic heterocycles. The summed E-state index contributed by atoms with van der Waals surface area (Å²) in [5.41, 5.74) is 0. The maximum atomic E-state index is 11.5. The largest absolute Gasteiger partial charge is 0.392 e. The minimum atomic E-state index is -0.399. The number of methoxy groups -OCH3 is 1. The monoisotopic (exact) mass is 235 g/mol. The highest BCUT2D eigenvalue weighted by molar-refractivity contribution is 8.01. The van der Waals surface area contributed by atoms with Crippen LogP contribution in [0, 0.1) is 0 Å². The average molecular weight is 235 g/mol. The van der Waals surface area contributed by atoms with Crippen LogP contribution in [0.2, 0.25) is 0 Å². The maximum Gasteiger partial charge on any atom is 0.232 e. The Kier molecular flexibility index (Phi) is 7.82. The highest BCUT2D eigenvalue weighted by Gasteiger charge is 2.18. The molecule has 0 saturated heterocycles. The number of hydrogen-bond acceptors (Lipinski definition) is 4. The van der Waals surface area contributed by atoms with E-state index in [0.717, 1.165) is 0 Å². The van der Waals surface area contributed by atoms with E-state index in [1.54, 1.807) is 14.0 Å². The second-order valence-electron chi connectivity index (χ2n) is 3.51. The summed E-state index contributed by atoms with van der Waals surface area (Å²) < 4.78 is 4.83. The van der Waals surface area contributed by atoms with Crippen molar-refractivity contribution in [1.82, 2.24) is 5.32 Å². The number of hydrogen-bond donors (Lipinski definition) is 2. The third kappa shape index (κ3) is 6.76. The summed E-state index contributed by atoms with van der Waals surface area (Å²) in [6.07, 6.45) is -0.399. The molecule has 0 aromatic carbocycles. The molecule has 0 aliphatic carbocycles. The van der Waals surface area contributed by atoms with Gasteiger partial charge in [0.1, 0.15) is 0 Å². The second-order valence-corrected chi connectivity index (χ2v) is 5.23. The summed E-state index contributed by atoms with van der Waals surface area (Å²) in [7, 11) is 1.60. The van der Waals surface area contributed by atoms with Gasteiger partial charge in [-0.1, -0.05) is 6.92 Å². The molecule has 0 aromatic rings. The smallest absolute Gasteiger partial charge is 0.232 e. The van der Waals surface area contributed by atoms with Crippen LogP contribution in [0.5, 0.6) is 0 Å². The Labute approximate surface area is 95.8 Å². The van der Waals surface area contributed by atoms with Gasteiger partial charge in [0.25, 0.3) is 0 Å². The minimum Gasteiger partial charge on any atom is -0.392 e. The molecule has 1 amide bonds.